The number of rotatable bonds is 4. The Balaban J connectivity index is 5.15. The molecule has 0 radical (unpaired) electrons. The van der Waals surface area contributed by atoms with Gasteiger partial charge in [0.05, 0.1) is 6.42 Å². The molecule has 0 aromatic rings. The molecule has 0 spiro atoms. The molecule has 3 N–H and O–H groups in total. The number of aliphatic carboxylic acids is 1. The highest BCUT2D eigenvalue weighted by Crippen LogP contribution is 2.10. The average molecular weight is 234 g/mol. The predicted molar refractivity (Wildman–Crippen MR) is 39.1 cm³/mol. The van der Waals surface area contributed by atoms with Crippen LogP contribution in [0.4, 0.5) is 0 Å². The highest BCUT2D eigenvalue weighted by Gasteiger charge is 2.37. The molecule has 0 saturated heterocycles. The number of hydrogen-bond donors (Lipinski definition) is 3. The van der Waals surface area contributed by atoms with Crippen LogP contribution in [-0.4, -0.2) is 41.6 Å². The van der Waals surface area contributed by atoms with Crippen LogP contribution in [0.1, 0.15) is 6.42 Å². The summed E-state index contributed by atoms with van der Waals surface area (Å²) in [7, 11) is -10.3. The van der Waals surface area contributed by atoms with Crippen molar-refractivity contribution < 1.29 is 35.8 Å². The normalized spacial score (nSPS) is 13.2. The fourth-order valence-electron chi connectivity index (χ4n) is 0.507. The van der Waals surface area contributed by atoms with E-state index in [1.54, 1.807) is 0 Å². The first-order chi connectivity index (χ1) is 5.55. The molecule has 0 bridgehead atoms. The molecule has 13 heavy (non-hydrogen) atoms. The third-order valence-electron chi connectivity index (χ3n) is 1.01. The van der Waals surface area contributed by atoms with Gasteiger partial charge in [0.25, 0.3) is 20.2 Å². The van der Waals surface area contributed by atoms with Gasteiger partial charge < -0.3 is 5.11 Å². The summed E-state index contributed by atoms with van der Waals surface area (Å²) in [6.07, 6.45) is -1.42. The zero-order valence-electron chi connectivity index (χ0n) is 5.98. The molecule has 0 heterocycles. The predicted octanol–water partition coefficient (Wildman–Crippen LogP) is -1.44. The SMILES string of the molecule is O=C(O)CC(S(=O)(=O)O)S(=O)(=O)O. The maximum Gasteiger partial charge on any atom is 0.305 e. The second-order valence-corrected chi connectivity index (χ2v) is 5.55. The molecule has 0 amide bonds. The first-order valence-electron chi connectivity index (χ1n) is 2.69. The van der Waals surface area contributed by atoms with Crippen molar-refractivity contribution in [2.45, 2.75) is 11.0 Å². The molecule has 0 saturated carbocycles. The van der Waals surface area contributed by atoms with Crippen molar-refractivity contribution >= 4 is 26.2 Å². The van der Waals surface area contributed by atoms with E-state index in [4.69, 9.17) is 14.2 Å². The lowest BCUT2D eigenvalue weighted by molar-refractivity contribution is -0.136. The highest BCUT2D eigenvalue weighted by molar-refractivity contribution is 8.04. The minimum atomic E-state index is -5.14. The van der Waals surface area contributed by atoms with Gasteiger partial charge in [0.15, 0.2) is 0 Å². The Morgan fingerprint density at radius 3 is 1.46 bits per heavy atom. The summed E-state index contributed by atoms with van der Waals surface area (Å²) >= 11 is 0. The zero-order chi connectivity index (χ0) is 10.9. The van der Waals surface area contributed by atoms with Gasteiger partial charge in [-0.15, -0.1) is 0 Å². The average Bonchev–Trinajstić information content (AvgIpc) is 1.77. The Kier molecular flexibility index (Phi) is 3.38. The summed E-state index contributed by atoms with van der Waals surface area (Å²) < 4.78 is 54.8. The second kappa shape index (κ2) is 3.57. The van der Waals surface area contributed by atoms with Crippen molar-refractivity contribution in [2.75, 3.05) is 0 Å². The number of hydrogen-bond acceptors (Lipinski definition) is 5. The molecule has 78 valence electrons. The van der Waals surface area contributed by atoms with E-state index < -0.39 is 37.2 Å². The highest BCUT2D eigenvalue weighted by atomic mass is 32.3. The minimum absolute atomic E-state index is 1.42. The van der Waals surface area contributed by atoms with Crippen LogP contribution >= 0.6 is 0 Å². The van der Waals surface area contributed by atoms with Crippen LogP contribution < -0.4 is 0 Å². The van der Waals surface area contributed by atoms with Gasteiger partial charge in [-0.1, -0.05) is 0 Å². The maximum atomic E-state index is 10.3. The summed E-state index contributed by atoms with van der Waals surface area (Å²) in [6, 6.07) is 0. The van der Waals surface area contributed by atoms with Crippen molar-refractivity contribution in [3.63, 3.8) is 0 Å². The van der Waals surface area contributed by atoms with E-state index in [0.29, 0.717) is 0 Å². The Morgan fingerprint density at radius 2 is 1.38 bits per heavy atom. The lowest BCUT2D eigenvalue weighted by Gasteiger charge is -2.06. The van der Waals surface area contributed by atoms with Gasteiger partial charge in [-0.2, -0.15) is 16.8 Å². The van der Waals surface area contributed by atoms with Crippen molar-refractivity contribution in [1.82, 2.24) is 0 Å². The maximum absolute atomic E-state index is 10.3. The summed E-state index contributed by atoms with van der Waals surface area (Å²) in [6.45, 7) is 0. The van der Waals surface area contributed by atoms with Crippen LogP contribution in [0, 0.1) is 0 Å². The second-order valence-electron chi connectivity index (χ2n) is 2.06. The van der Waals surface area contributed by atoms with Gasteiger partial charge in [-0.25, -0.2) is 0 Å². The van der Waals surface area contributed by atoms with Crippen LogP contribution in [0.5, 0.6) is 0 Å². The molecule has 0 rings (SSSR count). The Morgan fingerprint density at radius 1 is 1.08 bits per heavy atom. The fraction of sp³-hybridized carbons (Fsp3) is 0.667. The van der Waals surface area contributed by atoms with E-state index in [1.165, 1.54) is 0 Å². The van der Waals surface area contributed by atoms with Gasteiger partial charge in [0.1, 0.15) is 0 Å². The van der Waals surface area contributed by atoms with Crippen molar-refractivity contribution in [3.05, 3.63) is 0 Å². The fourth-order valence-corrected chi connectivity index (χ4v) is 2.44. The van der Waals surface area contributed by atoms with E-state index in [2.05, 4.69) is 0 Å². The van der Waals surface area contributed by atoms with E-state index in [1.807, 2.05) is 0 Å². The molecule has 10 heteroatoms. The molecular weight excluding hydrogens is 228 g/mol. The van der Waals surface area contributed by atoms with Crippen LogP contribution in [0.25, 0.3) is 0 Å². The molecule has 0 aromatic carbocycles. The van der Waals surface area contributed by atoms with Crippen LogP contribution in [-0.2, 0) is 25.0 Å². The van der Waals surface area contributed by atoms with Gasteiger partial charge >= 0.3 is 5.97 Å². The molecule has 0 unspecified atom stereocenters. The molecule has 0 fully saturated rings. The smallest absolute Gasteiger partial charge is 0.305 e. The van der Waals surface area contributed by atoms with Gasteiger partial charge in [-0.05, 0) is 0 Å². The zero-order valence-corrected chi connectivity index (χ0v) is 7.62. The van der Waals surface area contributed by atoms with Crippen molar-refractivity contribution in [2.24, 2.45) is 0 Å². The standard InChI is InChI=1S/C3H6O8S2/c4-2(5)1-3(12(6,7)8)13(9,10)11/h3H,1H2,(H,4,5)(H,6,7,8)(H,9,10,11). The third kappa shape index (κ3) is 4.17. The Hall–Kier alpha value is -0.710. The Bertz CT molecular complexity index is 355. The molecule has 8 nitrogen and oxygen atoms in total. The minimum Gasteiger partial charge on any atom is -0.481 e. The first kappa shape index (κ1) is 12.3. The van der Waals surface area contributed by atoms with Gasteiger partial charge in [-0.3, -0.25) is 13.9 Å². The molecule has 0 aliphatic heterocycles. The summed E-state index contributed by atoms with van der Waals surface area (Å²) in [5.41, 5.74) is 0. The number of carbonyl (C=O) groups is 1. The molecule has 0 aliphatic carbocycles. The third-order valence-corrected chi connectivity index (χ3v) is 4.13. The lowest BCUT2D eigenvalue weighted by atomic mass is 10.5. The van der Waals surface area contributed by atoms with Crippen LogP contribution in [0.2, 0.25) is 0 Å². The molecular formula is C3H6O8S2. The van der Waals surface area contributed by atoms with Gasteiger partial charge in [0, 0.05) is 0 Å². The van der Waals surface area contributed by atoms with E-state index in [9.17, 15) is 21.6 Å². The van der Waals surface area contributed by atoms with Crippen molar-refractivity contribution in [3.8, 4) is 0 Å². The lowest BCUT2D eigenvalue weighted by Crippen LogP contribution is -2.31. The summed E-state index contributed by atoms with van der Waals surface area (Å²) in [5.74, 6) is -1.78. The van der Waals surface area contributed by atoms with E-state index in [0.717, 1.165) is 0 Å². The number of carboxylic acid groups (broad SMARTS) is 1. The molecule has 0 aliphatic rings. The van der Waals surface area contributed by atoms with E-state index >= 15 is 0 Å². The van der Waals surface area contributed by atoms with Crippen molar-refractivity contribution in [1.29, 1.82) is 0 Å². The summed E-state index contributed by atoms with van der Waals surface area (Å²) in [5, 5.41) is 8.06. The largest absolute Gasteiger partial charge is 0.481 e. The summed E-state index contributed by atoms with van der Waals surface area (Å²) in [4.78, 5) is 9.95. The quantitative estimate of drug-likeness (QED) is 0.501. The number of carboxylic acids is 1. The topological polar surface area (TPSA) is 146 Å². The van der Waals surface area contributed by atoms with E-state index in [-0.39, 0.29) is 0 Å². The first-order valence-corrected chi connectivity index (χ1v) is 5.70. The monoisotopic (exact) mass is 234 g/mol. The molecule has 0 atom stereocenters. The Labute approximate surface area is 73.7 Å². The van der Waals surface area contributed by atoms with Crippen LogP contribution in [0.15, 0.2) is 0 Å². The van der Waals surface area contributed by atoms with Crippen LogP contribution in [0.3, 0.4) is 0 Å². The van der Waals surface area contributed by atoms with Gasteiger partial charge in [0.2, 0.25) is 4.58 Å². The molecule has 0 aromatic heterocycles.